The predicted octanol–water partition coefficient (Wildman–Crippen LogP) is 8.59. The van der Waals surface area contributed by atoms with E-state index in [1.54, 1.807) is 140 Å². The third-order valence-corrected chi connectivity index (χ3v) is 12.8. The van der Waals surface area contributed by atoms with Gasteiger partial charge in [-0.2, -0.15) is 0 Å². The molecule has 18 nitrogen and oxygen atoms in total. The largest absolute Gasteiger partial charge is 0.459 e. The van der Waals surface area contributed by atoms with E-state index < -0.39 is 116 Å². The van der Waals surface area contributed by atoms with Crippen LogP contribution in [0.25, 0.3) is 0 Å². The van der Waals surface area contributed by atoms with Crippen LogP contribution in [0.2, 0.25) is 0 Å². The molecular formula is C63H54O18. The van der Waals surface area contributed by atoms with Gasteiger partial charge in [-0.1, -0.05) is 140 Å². The molecule has 18 heteroatoms. The molecular weight excluding hydrogens is 1040 g/mol. The number of rotatable bonds is 20. The standard InChI is InChI=1S/C63H54O18/c1-40(64)74-62-55(80-61(70)47-35-21-8-22-36-47)53(51(78-59(68)45-31-17-6-18-32-45)49(75-62)39-73-57(66)43-27-13-4-14-28-43)81-63-54(79-60(69)46-33-19-7-20-34-46)52(71-37-41-23-9-2-10-24-41)50(77-58(67)44-29-15-5-16-30-44)48(76-63)38-72-56(65)42-25-11-3-12-26-42/h2-36,48-55,62-63H,37-39H2,1H3/t48-,49-,50+,51+,52+,53+,54-,55-,62?,63+/m1/s1. The zero-order valence-electron chi connectivity index (χ0n) is 43.5. The van der Waals surface area contributed by atoms with E-state index in [2.05, 4.69) is 0 Å². The van der Waals surface area contributed by atoms with Gasteiger partial charge in [0.1, 0.15) is 37.6 Å². The monoisotopic (exact) mass is 1100 g/mol. The second kappa shape index (κ2) is 27.5. The first-order valence-electron chi connectivity index (χ1n) is 25.8. The highest BCUT2D eigenvalue weighted by atomic mass is 16.8. The van der Waals surface area contributed by atoms with Crippen molar-refractivity contribution in [3.05, 3.63) is 251 Å². The quantitative estimate of drug-likeness (QED) is 0.0515. The topological polar surface area (TPSA) is 221 Å². The Kier molecular flexibility index (Phi) is 19.2. The van der Waals surface area contributed by atoms with Crippen LogP contribution in [0.15, 0.2) is 212 Å². The molecule has 0 spiro atoms. The first-order valence-corrected chi connectivity index (χ1v) is 25.8. The Morgan fingerprint density at radius 1 is 0.333 bits per heavy atom. The van der Waals surface area contributed by atoms with Gasteiger partial charge in [0, 0.05) is 6.92 Å². The summed E-state index contributed by atoms with van der Waals surface area (Å²) < 4.78 is 69.6. The van der Waals surface area contributed by atoms with E-state index in [4.69, 9.17) is 52.1 Å². The average Bonchev–Trinajstić information content (AvgIpc) is 3.71. The van der Waals surface area contributed by atoms with Crippen LogP contribution in [0, 0.1) is 0 Å². The molecule has 2 aliphatic heterocycles. The summed E-state index contributed by atoms with van der Waals surface area (Å²) in [5.74, 6) is -6.31. The molecule has 2 heterocycles. The van der Waals surface area contributed by atoms with Gasteiger partial charge in [0.15, 0.2) is 30.7 Å². The second-order valence-corrected chi connectivity index (χ2v) is 18.4. The van der Waals surface area contributed by atoms with Crippen molar-refractivity contribution in [2.75, 3.05) is 13.2 Å². The van der Waals surface area contributed by atoms with E-state index in [0.717, 1.165) is 6.92 Å². The molecule has 0 saturated carbocycles. The van der Waals surface area contributed by atoms with Gasteiger partial charge < -0.3 is 52.1 Å². The Bertz CT molecular complexity index is 3210. The highest BCUT2D eigenvalue weighted by Gasteiger charge is 2.58. The van der Waals surface area contributed by atoms with Crippen LogP contribution in [0.1, 0.15) is 74.6 Å². The highest BCUT2D eigenvalue weighted by molar-refractivity contribution is 5.92. The minimum Gasteiger partial charge on any atom is -0.459 e. The van der Waals surface area contributed by atoms with Gasteiger partial charge in [0.25, 0.3) is 0 Å². The van der Waals surface area contributed by atoms with Gasteiger partial charge in [-0.05, 0) is 78.4 Å². The van der Waals surface area contributed by atoms with Crippen molar-refractivity contribution in [1.82, 2.24) is 0 Å². The first-order chi connectivity index (χ1) is 39.5. The third kappa shape index (κ3) is 14.9. The van der Waals surface area contributed by atoms with Crippen LogP contribution >= 0.6 is 0 Å². The molecule has 0 bridgehead atoms. The van der Waals surface area contributed by atoms with E-state index >= 15 is 0 Å². The lowest BCUT2D eigenvalue weighted by atomic mass is 9.95. The Morgan fingerprint density at radius 3 is 0.988 bits per heavy atom. The van der Waals surface area contributed by atoms with Crippen molar-refractivity contribution >= 4 is 41.8 Å². The second-order valence-electron chi connectivity index (χ2n) is 18.4. The molecule has 7 aromatic rings. The van der Waals surface area contributed by atoms with Crippen molar-refractivity contribution in [2.24, 2.45) is 0 Å². The molecule has 10 atom stereocenters. The van der Waals surface area contributed by atoms with Gasteiger partial charge in [0.05, 0.1) is 40.0 Å². The van der Waals surface area contributed by atoms with E-state index in [9.17, 15) is 33.6 Å². The van der Waals surface area contributed by atoms with Gasteiger partial charge in [0.2, 0.25) is 6.29 Å². The lowest BCUT2D eigenvalue weighted by Gasteiger charge is -2.49. The van der Waals surface area contributed by atoms with Gasteiger partial charge >= 0.3 is 41.8 Å². The molecule has 0 aromatic heterocycles. The lowest BCUT2D eigenvalue weighted by molar-refractivity contribution is -0.356. The number of ether oxygens (including phenoxy) is 11. The van der Waals surface area contributed by atoms with Crippen LogP contribution in [0.4, 0.5) is 0 Å². The summed E-state index contributed by atoms with van der Waals surface area (Å²) in [6, 6.07) is 56.2. The van der Waals surface area contributed by atoms with Crippen LogP contribution in [0.3, 0.4) is 0 Å². The Morgan fingerprint density at radius 2 is 0.630 bits per heavy atom. The minimum absolute atomic E-state index is 0.0240. The van der Waals surface area contributed by atoms with Crippen molar-refractivity contribution in [3.8, 4) is 0 Å². The molecule has 0 N–H and O–H groups in total. The molecule has 2 aliphatic rings. The van der Waals surface area contributed by atoms with Crippen molar-refractivity contribution in [1.29, 1.82) is 0 Å². The maximum Gasteiger partial charge on any atom is 0.338 e. The third-order valence-electron chi connectivity index (χ3n) is 12.8. The smallest absolute Gasteiger partial charge is 0.338 e. The molecule has 9 rings (SSSR count). The van der Waals surface area contributed by atoms with E-state index in [1.807, 2.05) is 0 Å². The summed E-state index contributed by atoms with van der Waals surface area (Å²) in [7, 11) is 0. The number of esters is 7. The molecule has 2 saturated heterocycles. The summed E-state index contributed by atoms with van der Waals surface area (Å²) in [4.78, 5) is 98.2. The zero-order chi connectivity index (χ0) is 56.5. The van der Waals surface area contributed by atoms with E-state index in [1.165, 1.54) is 72.8 Å². The summed E-state index contributed by atoms with van der Waals surface area (Å²) in [5.41, 5.74) is 1.16. The fraction of sp³-hybridized carbons (Fsp3) is 0.222. The van der Waals surface area contributed by atoms with Crippen molar-refractivity contribution in [3.63, 3.8) is 0 Å². The highest BCUT2D eigenvalue weighted by Crippen LogP contribution is 2.37. The van der Waals surface area contributed by atoms with Crippen LogP contribution in [-0.4, -0.2) is 116 Å². The summed E-state index contributed by atoms with van der Waals surface area (Å²) in [5, 5.41) is 0. The average molecular weight is 1100 g/mol. The maximum atomic E-state index is 14.6. The molecule has 0 amide bonds. The number of hydrogen-bond acceptors (Lipinski definition) is 18. The Hall–Kier alpha value is -9.33. The number of carbonyl (C=O) groups excluding carboxylic acids is 7. The van der Waals surface area contributed by atoms with E-state index in [0.29, 0.717) is 5.56 Å². The summed E-state index contributed by atoms with van der Waals surface area (Å²) in [6.07, 6.45) is -17.6. The fourth-order valence-corrected chi connectivity index (χ4v) is 8.89. The molecule has 2 fully saturated rings. The molecule has 81 heavy (non-hydrogen) atoms. The van der Waals surface area contributed by atoms with Crippen molar-refractivity contribution in [2.45, 2.75) is 74.9 Å². The van der Waals surface area contributed by atoms with Crippen LogP contribution < -0.4 is 0 Å². The fourth-order valence-electron chi connectivity index (χ4n) is 8.89. The SMILES string of the molecule is CC(=O)OC1O[C@H](COC(=O)c2ccccc2)[C@H](OC(=O)c2ccccc2)[C@H](O[C@@H]2O[C@H](COC(=O)c3ccccc3)[C@H](OC(=O)c3ccccc3)[C@H](OCc3ccccc3)[C@H]2OC(=O)c2ccccc2)[C@H]1OC(=O)c1ccccc1. The van der Waals surface area contributed by atoms with Crippen molar-refractivity contribution < 1.29 is 85.7 Å². The van der Waals surface area contributed by atoms with Crippen LogP contribution in [0.5, 0.6) is 0 Å². The van der Waals surface area contributed by atoms with Crippen LogP contribution in [-0.2, 0) is 63.5 Å². The van der Waals surface area contributed by atoms with Gasteiger partial charge in [-0.15, -0.1) is 0 Å². The number of carbonyl (C=O) groups is 7. The molecule has 414 valence electrons. The Labute approximate surface area is 465 Å². The molecule has 0 radical (unpaired) electrons. The molecule has 7 aromatic carbocycles. The van der Waals surface area contributed by atoms with E-state index in [-0.39, 0.29) is 40.0 Å². The Balaban J connectivity index is 1.20. The molecule has 0 aliphatic carbocycles. The number of hydrogen-bond donors (Lipinski definition) is 0. The minimum atomic E-state index is -1.98. The number of benzene rings is 7. The molecule has 1 unspecified atom stereocenters. The zero-order valence-corrected chi connectivity index (χ0v) is 43.5. The van der Waals surface area contributed by atoms with Gasteiger partial charge in [-0.3, -0.25) is 4.79 Å². The van der Waals surface area contributed by atoms with Gasteiger partial charge in [-0.25, -0.2) is 28.8 Å². The maximum absolute atomic E-state index is 14.6. The summed E-state index contributed by atoms with van der Waals surface area (Å²) in [6.45, 7) is -0.500. The predicted molar refractivity (Wildman–Crippen MR) is 285 cm³/mol. The lowest BCUT2D eigenvalue weighted by Crippen LogP contribution is -2.67. The summed E-state index contributed by atoms with van der Waals surface area (Å²) >= 11 is 0. The first kappa shape index (κ1) is 56.4. The normalized spacial score (nSPS) is 22.1.